The monoisotopic (exact) mass is 466 g/mol. The number of rotatable bonds is 9. The molecule has 1 fully saturated rings. The van der Waals surface area contributed by atoms with E-state index in [9.17, 15) is 12.8 Å². The van der Waals surface area contributed by atoms with Gasteiger partial charge in [0.15, 0.2) is 0 Å². The van der Waals surface area contributed by atoms with Crippen LogP contribution >= 0.6 is 0 Å². The molecule has 174 valence electrons. The number of sulfonamides is 1. The van der Waals surface area contributed by atoms with Crippen molar-refractivity contribution in [1.82, 2.24) is 9.62 Å². The van der Waals surface area contributed by atoms with Crippen LogP contribution in [0.4, 0.5) is 4.39 Å². The second-order valence-corrected chi connectivity index (χ2v) is 10.7. The van der Waals surface area contributed by atoms with Gasteiger partial charge in [0.2, 0.25) is 10.0 Å². The van der Waals surface area contributed by atoms with E-state index < -0.39 is 15.8 Å². The van der Waals surface area contributed by atoms with Gasteiger partial charge in [0, 0.05) is 19.6 Å². The summed E-state index contributed by atoms with van der Waals surface area (Å²) in [6, 6.07) is 26.1. The molecule has 0 aromatic heterocycles. The van der Waals surface area contributed by atoms with Crippen molar-refractivity contribution in [3.8, 4) is 0 Å². The molecule has 0 atom stereocenters. The number of nitrogens with one attached hydrogen (secondary N) is 1. The maximum atomic E-state index is 13.6. The van der Waals surface area contributed by atoms with Crippen molar-refractivity contribution in [2.45, 2.75) is 42.5 Å². The third-order valence-electron chi connectivity index (χ3n) is 6.68. The predicted molar refractivity (Wildman–Crippen MR) is 130 cm³/mol. The lowest BCUT2D eigenvalue weighted by atomic mass is 9.70. The Morgan fingerprint density at radius 2 is 1.55 bits per heavy atom. The first kappa shape index (κ1) is 23.6. The maximum Gasteiger partial charge on any atom is 0.243 e. The fourth-order valence-corrected chi connectivity index (χ4v) is 6.26. The van der Waals surface area contributed by atoms with Crippen LogP contribution in [-0.4, -0.2) is 32.4 Å². The van der Waals surface area contributed by atoms with Crippen LogP contribution in [0.5, 0.6) is 0 Å². The molecule has 6 heteroatoms. The number of hydrogen-bond donors (Lipinski definition) is 1. The first-order chi connectivity index (χ1) is 16.0. The van der Waals surface area contributed by atoms with E-state index in [1.807, 2.05) is 24.3 Å². The van der Waals surface area contributed by atoms with Gasteiger partial charge in [-0.3, -0.25) is 0 Å². The molecule has 0 aliphatic carbocycles. The summed E-state index contributed by atoms with van der Waals surface area (Å²) < 4.78 is 41.3. The maximum absolute atomic E-state index is 13.6. The van der Waals surface area contributed by atoms with Crippen molar-refractivity contribution < 1.29 is 12.8 Å². The molecule has 0 unspecified atom stereocenters. The first-order valence-electron chi connectivity index (χ1n) is 11.6. The molecule has 1 heterocycles. The standard InChI is InChI=1S/C27H31FN2O2S/c28-25-13-7-14-26(21-25)33(31,32)30-19-16-27(17-20-30,24-11-5-2-6-12-24)15-8-18-29-22-23-9-3-1-4-10-23/h1-7,9-14,21,29H,8,15-20,22H2. The van der Waals surface area contributed by atoms with Gasteiger partial charge in [0.05, 0.1) is 4.90 Å². The lowest BCUT2D eigenvalue weighted by Gasteiger charge is -2.42. The number of nitrogens with zero attached hydrogens (tertiary/aromatic N) is 1. The molecule has 0 amide bonds. The summed E-state index contributed by atoms with van der Waals surface area (Å²) in [7, 11) is -3.70. The van der Waals surface area contributed by atoms with E-state index in [1.54, 1.807) is 0 Å². The summed E-state index contributed by atoms with van der Waals surface area (Å²) in [6.45, 7) is 2.63. The van der Waals surface area contributed by atoms with Crippen molar-refractivity contribution in [1.29, 1.82) is 0 Å². The minimum Gasteiger partial charge on any atom is -0.313 e. The van der Waals surface area contributed by atoms with Gasteiger partial charge in [-0.05, 0) is 67.0 Å². The molecule has 4 rings (SSSR count). The van der Waals surface area contributed by atoms with E-state index in [0.29, 0.717) is 13.1 Å². The normalized spacial score (nSPS) is 16.5. The molecule has 0 bridgehead atoms. The molecule has 1 aliphatic heterocycles. The largest absolute Gasteiger partial charge is 0.313 e. The molecular weight excluding hydrogens is 435 g/mol. The highest BCUT2D eigenvalue weighted by molar-refractivity contribution is 7.89. The van der Waals surface area contributed by atoms with E-state index in [0.717, 1.165) is 44.8 Å². The molecule has 1 saturated heterocycles. The van der Waals surface area contributed by atoms with Gasteiger partial charge in [-0.25, -0.2) is 12.8 Å². The Hall–Kier alpha value is -2.54. The van der Waals surface area contributed by atoms with Crippen LogP contribution in [0.3, 0.4) is 0 Å². The van der Waals surface area contributed by atoms with Gasteiger partial charge in [0.1, 0.15) is 5.82 Å². The number of hydrogen-bond acceptors (Lipinski definition) is 3. The summed E-state index contributed by atoms with van der Waals surface area (Å²) in [5, 5.41) is 3.53. The van der Waals surface area contributed by atoms with Gasteiger partial charge in [0.25, 0.3) is 0 Å². The quantitative estimate of drug-likeness (QED) is 0.446. The molecule has 0 radical (unpaired) electrons. The summed E-state index contributed by atoms with van der Waals surface area (Å²) >= 11 is 0. The Kier molecular flexibility index (Phi) is 7.58. The molecule has 0 saturated carbocycles. The van der Waals surface area contributed by atoms with Gasteiger partial charge in [-0.2, -0.15) is 4.31 Å². The second-order valence-electron chi connectivity index (χ2n) is 8.77. The third kappa shape index (κ3) is 5.69. The predicted octanol–water partition coefficient (Wildman–Crippen LogP) is 5.12. The summed E-state index contributed by atoms with van der Waals surface area (Å²) in [5.41, 5.74) is 2.49. The summed E-state index contributed by atoms with van der Waals surface area (Å²) in [6.07, 6.45) is 3.51. The van der Waals surface area contributed by atoms with Crippen LogP contribution in [0.1, 0.15) is 36.8 Å². The van der Waals surface area contributed by atoms with Crippen molar-refractivity contribution in [3.05, 3.63) is 102 Å². The highest BCUT2D eigenvalue weighted by Crippen LogP contribution is 2.40. The van der Waals surface area contributed by atoms with Crippen LogP contribution in [0.2, 0.25) is 0 Å². The van der Waals surface area contributed by atoms with Crippen LogP contribution in [0, 0.1) is 5.82 Å². The van der Waals surface area contributed by atoms with Crippen LogP contribution in [-0.2, 0) is 22.0 Å². The molecule has 3 aromatic carbocycles. The molecular formula is C27H31FN2O2S. The van der Waals surface area contributed by atoms with Crippen molar-refractivity contribution in [2.75, 3.05) is 19.6 Å². The van der Waals surface area contributed by atoms with Crippen LogP contribution < -0.4 is 5.32 Å². The smallest absolute Gasteiger partial charge is 0.243 e. The Bertz CT molecular complexity index is 1130. The van der Waals surface area contributed by atoms with Gasteiger partial charge in [-0.15, -0.1) is 0 Å². The topological polar surface area (TPSA) is 49.4 Å². The Morgan fingerprint density at radius 3 is 2.21 bits per heavy atom. The zero-order chi connectivity index (χ0) is 23.2. The van der Waals surface area contributed by atoms with E-state index in [2.05, 4.69) is 41.7 Å². The van der Waals surface area contributed by atoms with Gasteiger partial charge < -0.3 is 5.32 Å². The molecule has 33 heavy (non-hydrogen) atoms. The van der Waals surface area contributed by atoms with Crippen molar-refractivity contribution in [3.63, 3.8) is 0 Å². The zero-order valence-electron chi connectivity index (χ0n) is 18.8. The number of piperidine rings is 1. The van der Waals surface area contributed by atoms with Crippen LogP contribution in [0.25, 0.3) is 0 Å². The Balaban J connectivity index is 1.41. The van der Waals surface area contributed by atoms with E-state index in [4.69, 9.17) is 0 Å². The average Bonchev–Trinajstić information content (AvgIpc) is 2.85. The van der Waals surface area contributed by atoms with Crippen molar-refractivity contribution >= 4 is 10.0 Å². The van der Waals surface area contributed by atoms with Crippen LogP contribution in [0.15, 0.2) is 89.8 Å². The molecule has 1 N–H and O–H groups in total. The molecule has 0 spiro atoms. The van der Waals surface area contributed by atoms with E-state index >= 15 is 0 Å². The van der Waals surface area contributed by atoms with Crippen molar-refractivity contribution in [2.24, 2.45) is 0 Å². The van der Waals surface area contributed by atoms with Gasteiger partial charge >= 0.3 is 0 Å². The lowest BCUT2D eigenvalue weighted by Crippen LogP contribution is -2.45. The van der Waals surface area contributed by atoms with E-state index in [-0.39, 0.29) is 10.3 Å². The number of benzene rings is 3. The Labute approximate surface area is 196 Å². The summed E-state index contributed by atoms with van der Waals surface area (Å²) in [5.74, 6) is -0.533. The van der Waals surface area contributed by atoms with E-state index in [1.165, 1.54) is 33.6 Å². The first-order valence-corrected chi connectivity index (χ1v) is 13.0. The minimum absolute atomic E-state index is 0.0276. The SMILES string of the molecule is O=S(=O)(c1cccc(F)c1)N1CCC(CCCNCc2ccccc2)(c2ccccc2)CC1. The minimum atomic E-state index is -3.70. The third-order valence-corrected chi connectivity index (χ3v) is 8.58. The lowest BCUT2D eigenvalue weighted by molar-refractivity contribution is 0.216. The average molecular weight is 467 g/mol. The highest BCUT2D eigenvalue weighted by atomic mass is 32.2. The fraction of sp³-hybridized carbons (Fsp3) is 0.333. The Morgan fingerprint density at radius 1 is 0.879 bits per heavy atom. The molecule has 3 aromatic rings. The molecule has 4 nitrogen and oxygen atoms in total. The zero-order valence-corrected chi connectivity index (χ0v) is 19.6. The highest BCUT2D eigenvalue weighted by Gasteiger charge is 2.39. The van der Waals surface area contributed by atoms with Gasteiger partial charge in [-0.1, -0.05) is 66.7 Å². The molecule has 1 aliphatic rings. The number of halogens is 1. The summed E-state index contributed by atoms with van der Waals surface area (Å²) in [4.78, 5) is 0.0276. The second kappa shape index (κ2) is 10.6. The fourth-order valence-electron chi connectivity index (χ4n) is 4.79.